The van der Waals surface area contributed by atoms with Gasteiger partial charge in [0.15, 0.2) is 6.39 Å². The number of hydrogen-bond acceptors (Lipinski definition) is 5. The summed E-state index contributed by atoms with van der Waals surface area (Å²) in [5.41, 5.74) is 0. The van der Waals surface area contributed by atoms with Crippen LogP contribution >= 0.6 is 0 Å². The molecule has 15 heavy (non-hydrogen) atoms. The Morgan fingerprint density at radius 2 is 2.47 bits per heavy atom. The Labute approximate surface area is 86.1 Å². The van der Waals surface area contributed by atoms with Crippen LogP contribution in [0.2, 0.25) is 0 Å². The van der Waals surface area contributed by atoms with Crippen LogP contribution in [-0.2, 0) is 16.1 Å². The average molecular weight is 209 g/mol. The van der Waals surface area contributed by atoms with Crippen molar-refractivity contribution in [2.75, 3.05) is 0 Å². The first-order valence-corrected chi connectivity index (χ1v) is 4.70. The maximum Gasteiger partial charge on any atom is 0.243 e. The summed E-state index contributed by atoms with van der Waals surface area (Å²) < 4.78 is 5.01. The fraction of sp³-hybridized carbons (Fsp3) is 0.444. The van der Waals surface area contributed by atoms with Crippen LogP contribution in [-0.4, -0.2) is 22.8 Å². The van der Waals surface area contributed by atoms with Gasteiger partial charge in [0.25, 0.3) is 0 Å². The normalized spacial score (nSPS) is 21.5. The van der Waals surface area contributed by atoms with Crippen LogP contribution in [0.3, 0.4) is 0 Å². The number of oxazole rings is 1. The molecule has 1 aromatic rings. The molecule has 1 saturated heterocycles. The molecule has 80 valence electrons. The highest BCUT2D eigenvalue weighted by Gasteiger charge is 2.25. The number of carbonyl (C=O) groups is 2. The molecule has 0 saturated carbocycles. The molecule has 1 atom stereocenters. The number of imide groups is 1. The van der Waals surface area contributed by atoms with E-state index in [2.05, 4.69) is 15.6 Å². The molecule has 2 rings (SSSR count). The smallest absolute Gasteiger partial charge is 0.243 e. The Morgan fingerprint density at radius 1 is 1.60 bits per heavy atom. The number of piperidine rings is 1. The van der Waals surface area contributed by atoms with Gasteiger partial charge in [0.1, 0.15) is 5.76 Å². The Balaban J connectivity index is 1.85. The summed E-state index contributed by atoms with van der Waals surface area (Å²) in [6, 6.07) is -0.326. The van der Waals surface area contributed by atoms with E-state index in [1.165, 1.54) is 6.39 Å². The fourth-order valence-electron chi connectivity index (χ4n) is 1.44. The second-order valence-corrected chi connectivity index (χ2v) is 3.35. The summed E-state index contributed by atoms with van der Waals surface area (Å²) in [5.74, 6) is 0.184. The summed E-state index contributed by atoms with van der Waals surface area (Å²) in [4.78, 5) is 25.9. The van der Waals surface area contributed by atoms with E-state index in [-0.39, 0.29) is 17.9 Å². The van der Waals surface area contributed by atoms with Gasteiger partial charge in [0, 0.05) is 6.42 Å². The van der Waals surface area contributed by atoms with E-state index in [4.69, 9.17) is 4.42 Å². The third kappa shape index (κ3) is 2.41. The lowest BCUT2D eigenvalue weighted by atomic mass is 10.1. The molecule has 2 N–H and O–H groups in total. The molecule has 1 aromatic heterocycles. The first kappa shape index (κ1) is 9.85. The zero-order chi connectivity index (χ0) is 10.7. The summed E-state index contributed by atoms with van der Waals surface area (Å²) >= 11 is 0. The van der Waals surface area contributed by atoms with E-state index in [0.29, 0.717) is 25.1 Å². The minimum atomic E-state index is -0.326. The largest absolute Gasteiger partial charge is 0.447 e. The minimum Gasteiger partial charge on any atom is -0.447 e. The number of nitrogens with zero attached hydrogens (tertiary/aromatic N) is 1. The molecule has 1 aliphatic rings. The molecule has 1 fully saturated rings. The molecule has 0 aliphatic carbocycles. The number of amides is 2. The first-order chi connectivity index (χ1) is 7.25. The van der Waals surface area contributed by atoms with Crippen molar-refractivity contribution in [3.8, 4) is 0 Å². The van der Waals surface area contributed by atoms with Crippen LogP contribution in [0.15, 0.2) is 17.0 Å². The van der Waals surface area contributed by atoms with Gasteiger partial charge in [-0.25, -0.2) is 4.98 Å². The fourth-order valence-corrected chi connectivity index (χ4v) is 1.44. The Kier molecular flexibility index (Phi) is 2.77. The van der Waals surface area contributed by atoms with Crippen molar-refractivity contribution in [1.29, 1.82) is 0 Å². The number of carbonyl (C=O) groups excluding carboxylic acids is 2. The monoisotopic (exact) mass is 209 g/mol. The highest BCUT2D eigenvalue weighted by atomic mass is 16.3. The molecule has 1 unspecified atom stereocenters. The van der Waals surface area contributed by atoms with Crippen LogP contribution in [0.1, 0.15) is 18.6 Å². The average Bonchev–Trinajstić information content (AvgIpc) is 2.69. The van der Waals surface area contributed by atoms with E-state index >= 15 is 0 Å². The summed E-state index contributed by atoms with van der Waals surface area (Å²) in [7, 11) is 0. The molecule has 0 spiro atoms. The quantitative estimate of drug-likeness (QED) is 0.660. The molecular formula is C9H11N3O3. The van der Waals surface area contributed by atoms with Gasteiger partial charge in [-0.15, -0.1) is 0 Å². The van der Waals surface area contributed by atoms with Crippen LogP contribution in [0.25, 0.3) is 0 Å². The van der Waals surface area contributed by atoms with Crippen LogP contribution in [0.5, 0.6) is 0 Å². The van der Waals surface area contributed by atoms with Crippen molar-refractivity contribution >= 4 is 11.8 Å². The van der Waals surface area contributed by atoms with Gasteiger partial charge < -0.3 is 4.42 Å². The van der Waals surface area contributed by atoms with E-state index in [9.17, 15) is 9.59 Å². The third-order valence-corrected chi connectivity index (χ3v) is 2.25. The van der Waals surface area contributed by atoms with Gasteiger partial charge in [0.2, 0.25) is 11.8 Å². The second-order valence-electron chi connectivity index (χ2n) is 3.35. The van der Waals surface area contributed by atoms with E-state index in [1.807, 2.05) is 0 Å². The van der Waals surface area contributed by atoms with Crippen molar-refractivity contribution in [2.24, 2.45) is 0 Å². The van der Waals surface area contributed by atoms with E-state index in [1.54, 1.807) is 6.20 Å². The Bertz CT molecular complexity index is 361. The van der Waals surface area contributed by atoms with Crippen molar-refractivity contribution in [2.45, 2.75) is 25.4 Å². The molecule has 6 nitrogen and oxygen atoms in total. The highest BCUT2D eigenvalue weighted by molar-refractivity contribution is 6.00. The number of rotatable bonds is 3. The number of nitrogens with one attached hydrogen (secondary N) is 2. The SMILES string of the molecule is O=C1CCC(NCc2cnco2)C(=O)N1. The van der Waals surface area contributed by atoms with Gasteiger partial charge >= 0.3 is 0 Å². The van der Waals surface area contributed by atoms with Crippen LogP contribution in [0, 0.1) is 0 Å². The summed E-state index contributed by atoms with van der Waals surface area (Å²) in [6.45, 7) is 0.437. The van der Waals surface area contributed by atoms with Crippen molar-refractivity contribution in [1.82, 2.24) is 15.6 Å². The zero-order valence-electron chi connectivity index (χ0n) is 8.03. The molecule has 0 bridgehead atoms. The van der Waals surface area contributed by atoms with E-state index in [0.717, 1.165) is 0 Å². The molecular weight excluding hydrogens is 198 g/mol. The molecule has 1 aliphatic heterocycles. The molecule has 2 heterocycles. The standard InChI is InChI=1S/C9H11N3O3/c13-8-2-1-7(9(14)12-8)11-4-6-3-10-5-15-6/h3,5,7,11H,1-2,4H2,(H,12,13,14). The van der Waals surface area contributed by atoms with Crippen molar-refractivity contribution in [3.05, 3.63) is 18.4 Å². The molecule has 0 radical (unpaired) electrons. The predicted molar refractivity (Wildman–Crippen MR) is 49.5 cm³/mol. The number of aromatic nitrogens is 1. The Morgan fingerprint density at radius 3 is 3.13 bits per heavy atom. The summed E-state index contributed by atoms with van der Waals surface area (Å²) in [6.07, 6.45) is 3.82. The predicted octanol–water partition coefficient (Wildman–Crippen LogP) is -0.431. The first-order valence-electron chi connectivity index (χ1n) is 4.70. The van der Waals surface area contributed by atoms with Crippen molar-refractivity contribution in [3.63, 3.8) is 0 Å². The molecule has 2 amide bonds. The van der Waals surface area contributed by atoms with Crippen LogP contribution < -0.4 is 10.6 Å². The maximum absolute atomic E-state index is 11.3. The van der Waals surface area contributed by atoms with Crippen molar-refractivity contribution < 1.29 is 14.0 Å². The van der Waals surface area contributed by atoms with Crippen LogP contribution in [0.4, 0.5) is 0 Å². The highest BCUT2D eigenvalue weighted by Crippen LogP contribution is 2.05. The minimum absolute atomic E-state index is 0.210. The third-order valence-electron chi connectivity index (χ3n) is 2.25. The van der Waals surface area contributed by atoms with Gasteiger partial charge in [-0.2, -0.15) is 0 Å². The molecule has 6 heteroatoms. The topological polar surface area (TPSA) is 84.2 Å². The zero-order valence-corrected chi connectivity index (χ0v) is 8.03. The lowest BCUT2D eigenvalue weighted by molar-refractivity contribution is -0.134. The number of hydrogen-bond donors (Lipinski definition) is 2. The Hall–Kier alpha value is -1.69. The van der Waals surface area contributed by atoms with Gasteiger partial charge in [-0.05, 0) is 6.42 Å². The lowest BCUT2D eigenvalue weighted by Gasteiger charge is -2.21. The summed E-state index contributed by atoms with van der Waals surface area (Å²) in [5, 5.41) is 5.27. The van der Waals surface area contributed by atoms with E-state index < -0.39 is 0 Å². The maximum atomic E-state index is 11.3. The van der Waals surface area contributed by atoms with Gasteiger partial charge in [-0.1, -0.05) is 0 Å². The molecule has 0 aromatic carbocycles. The van der Waals surface area contributed by atoms with Gasteiger partial charge in [-0.3, -0.25) is 20.2 Å². The lowest BCUT2D eigenvalue weighted by Crippen LogP contribution is -2.50. The van der Waals surface area contributed by atoms with Gasteiger partial charge in [0.05, 0.1) is 18.8 Å². The second kappa shape index (κ2) is 4.22.